The molecule has 0 aliphatic heterocycles. The van der Waals surface area contributed by atoms with Gasteiger partial charge in [0.05, 0.1) is 5.02 Å². The minimum Gasteiger partial charge on any atom is -0.167 e. The highest BCUT2D eigenvalue weighted by molar-refractivity contribution is 14.1. The standard InChI is InChI=1S/C11H7ClI2N/c12-11-9(13)6-8(7-10(11)14)15-4-2-1-3-5-15/h1-7H/q+1. The Morgan fingerprint density at radius 3 is 2.00 bits per heavy atom. The van der Waals surface area contributed by atoms with Gasteiger partial charge in [-0.1, -0.05) is 17.7 Å². The Kier molecular flexibility index (Phi) is 3.84. The van der Waals surface area contributed by atoms with Crippen molar-refractivity contribution in [3.63, 3.8) is 0 Å². The Labute approximate surface area is 121 Å². The molecule has 76 valence electrons. The van der Waals surface area contributed by atoms with Gasteiger partial charge < -0.3 is 0 Å². The van der Waals surface area contributed by atoms with Gasteiger partial charge in [-0.25, -0.2) is 0 Å². The van der Waals surface area contributed by atoms with Gasteiger partial charge >= 0.3 is 0 Å². The number of nitrogens with zero attached hydrogens (tertiary/aromatic N) is 1. The second-order valence-electron chi connectivity index (χ2n) is 3.01. The molecule has 2 aromatic rings. The lowest BCUT2D eigenvalue weighted by atomic mass is 10.3. The molecular weight excluding hydrogens is 435 g/mol. The maximum atomic E-state index is 6.11. The average molecular weight is 442 g/mol. The summed E-state index contributed by atoms with van der Waals surface area (Å²) in [4.78, 5) is 0. The van der Waals surface area contributed by atoms with Gasteiger partial charge in [-0.2, -0.15) is 4.57 Å². The highest BCUT2D eigenvalue weighted by atomic mass is 127. The number of rotatable bonds is 1. The molecule has 0 amide bonds. The third-order valence-corrected chi connectivity index (χ3v) is 4.73. The van der Waals surface area contributed by atoms with Crippen molar-refractivity contribution in [2.24, 2.45) is 0 Å². The molecule has 0 saturated heterocycles. The summed E-state index contributed by atoms with van der Waals surface area (Å²) in [6.07, 6.45) is 4.05. The molecule has 0 atom stereocenters. The largest absolute Gasteiger partial charge is 0.212 e. The zero-order valence-electron chi connectivity index (χ0n) is 7.62. The van der Waals surface area contributed by atoms with Gasteiger partial charge in [-0.05, 0) is 45.2 Å². The molecule has 0 radical (unpaired) electrons. The lowest BCUT2D eigenvalue weighted by Gasteiger charge is -2.01. The second-order valence-corrected chi connectivity index (χ2v) is 5.71. The van der Waals surface area contributed by atoms with Gasteiger partial charge in [0.25, 0.3) is 0 Å². The van der Waals surface area contributed by atoms with E-state index < -0.39 is 0 Å². The Morgan fingerprint density at radius 2 is 1.47 bits per heavy atom. The maximum Gasteiger partial charge on any atom is 0.212 e. The number of hydrogen-bond acceptors (Lipinski definition) is 0. The molecule has 0 unspecified atom stereocenters. The van der Waals surface area contributed by atoms with Crippen LogP contribution in [0, 0.1) is 7.14 Å². The molecule has 0 N–H and O–H groups in total. The Bertz CT molecular complexity index is 462. The van der Waals surface area contributed by atoms with Gasteiger partial charge in [0, 0.05) is 31.4 Å². The van der Waals surface area contributed by atoms with Crippen molar-refractivity contribution in [1.29, 1.82) is 0 Å². The molecular formula is C11H7ClI2N+. The number of halogens is 3. The van der Waals surface area contributed by atoms with Crippen molar-refractivity contribution in [3.05, 3.63) is 54.9 Å². The molecule has 0 saturated carbocycles. The van der Waals surface area contributed by atoms with Crippen LogP contribution in [0.4, 0.5) is 0 Å². The predicted octanol–water partition coefficient (Wildman–Crippen LogP) is 3.83. The van der Waals surface area contributed by atoms with Gasteiger partial charge in [-0.15, -0.1) is 0 Å². The van der Waals surface area contributed by atoms with Gasteiger partial charge in [0.1, 0.15) is 0 Å². The summed E-state index contributed by atoms with van der Waals surface area (Å²) in [6, 6.07) is 10.2. The van der Waals surface area contributed by atoms with Crippen molar-refractivity contribution < 1.29 is 4.57 Å². The van der Waals surface area contributed by atoms with Crippen LogP contribution in [0.15, 0.2) is 42.7 Å². The third-order valence-electron chi connectivity index (χ3n) is 1.98. The zero-order chi connectivity index (χ0) is 10.8. The molecule has 0 aliphatic rings. The summed E-state index contributed by atoms with van der Waals surface area (Å²) in [5.41, 5.74) is 1.13. The molecule has 0 fully saturated rings. The molecule has 0 bridgehead atoms. The number of pyridine rings is 1. The first-order valence-electron chi connectivity index (χ1n) is 4.29. The van der Waals surface area contributed by atoms with Crippen molar-refractivity contribution in [2.45, 2.75) is 0 Å². The van der Waals surface area contributed by atoms with Crippen molar-refractivity contribution >= 4 is 56.8 Å². The zero-order valence-corrected chi connectivity index (χ0v) is 12.7. The van der Waals surface area contributed by atoms with Gasteiger partial charge in [0.15, 0.2) is 12.4 Å². The van der Waals surface area contributed by atoms with Crippen LogP contribution in [0.1, 0.15) is 0 Å². The summed E-state index contributed by atoms with van der Waals surface area (Å²) >= 11 is 10.6. The van der Waals surface area contributed by atoms with Crippen LogP contribution < -0.4 is 4.57 Å². The Morgan fingerprint density at radius 1 is 0.933 bits per heavy atom. The van der Waals surface area contributed by atoms with Crippen LogP contribution >= 0.6 is 56.8 Å². The van der Waals surface area contributed by atoms with Crippen LogP contribution in [0.25, 0.3) is 5.69 Å². The van der Waals surface area contributed by atoms with Crippen molar-refractivity contribution in [1.82, 2.24) is 0 Å². The highest BCUT2D eigenvalue weighted by Crippen LogP contribution is 2.25. The van der Waals surface area contributed by atoms with Crippen LogP contribution in [0.3, 0.4) is 0 Å². The first kappa shape index (κ1) is 11.6. The number of aromatic nitrogens is 1. The quantitative estimate of drug-likeness (QED) is 0.359. The fourth-order valence-electron chi connectivity index (χ4n) is 1.26. The topological polar surface area (TPSA) is 3.88 Å². The monoisotopic (exact) mass is 442 g/mol. The van der Waals surface area contributed by atoms with Gasteiger partial charge in [0.2, 0.25) is 5.69 Å². The van der Waals surface area contributed by atoms with Crippen LogP contribution in [0.2, 0.25) is 5.02 Å². The third kappa shape index (κ3) is 2.62. The highest BCUT2D eigenvalue weighted by Gasteiger charge is 2.10. The molecule has 1 nitrogen and oxygen atoms in total. The summed E-state index contributed by atoms with van der Waals surface area (Å²) in [7, 11) is 0. The molecule has 0 spiro atoms. The van der Waals surface area contributed by atoms with Crippen molar-refractivity contribution in [2.75, 3.05) is 0 Å². The summed E-state index contributed by atoms with van der Waals surface area (Å²) in [5.74, 6) is 0. The molecule has 1 aromatic carbocycles. The second kappa shape index (κ2) is 4.97. The molecule has 1 heterocycles. The van der Waals surface area contributed by atoms with E-state index in [1.54, 1.807) is 0 Å². The van der Waals surface area contributed by atoms with E-state index >= 15 is 0 Å². The number of benzene rings is 1. The normalized spacial score (nSPS) is 10.3. The lowest BCUT2D eigenvalue weighted by Crippen LogP contribution is -2.29. The van der Waals surface area contributed by atoms with E-state index in [1.807, 2.05) is 30.6 Å². The molecule has 4 heteroatoms. The van der Waals surface area contributed by atoms with Crippen LogP contribution in [0.5, 0.6) is 0 Å². The SMILES string of the molecule is Clc1c(I)cc(-[n+]2ccccc2)cc1I. The van der Waals surface area contributed by atoms with E-state index in [1.165, 1.54) is 0 Å². The summed E-state index contributed by atoms with van der Waals surface area (Å²) < 4.78 is 4.22. The van der Waals surface area contributed by atoms with E-state index in [0.717, 1.165) is 17.9 Å². The minimum absolute atomic E-state index is 0.830. The summed E-state index contributed by atoms with van der Waals surface area (Å²) in [5, 5.41) is 0.830. The minimum atomic E-state index is 0.830. The van der Waals surface area contributed by atoms with Gasteiger partial charge in [-0.3, -0.25) is 0 Å². The smallest absolute Gasteiger partial charge is 0.167 e. The lowest BCUT2D eigenvalue weighted by molar-refractivity contribution is -0.595. The fraction of sp³-hybridized carbons (Fsp3) is 0. The average Bonchev–Trinajstić information content (AvgIpc) is 2.26. The first-order chi connectivity index (χ1) is 7.18. The summed E-state index contributed by atoms with van der Waals surface area (Å²) in [6.45, 7) is 0. The van der Waals surface area contributed by atoms with E-state index in [0.29, 0.717) is 0 Å². The molecule has 0 aliphatic carbocycles. The molecule has 15 heavy (non-hydrogen) atoms. The first-order valence-corrected chi connectivity index (χ1v) is 6.83. The van der Waals surface area contributed by atoms with Crippen molar-refractivity contribution in [3.8, 4) is 5.69 Å². The Balaban J connectivity index is 2.56. The molecule has 2 rings (SSSR count). The van der Waals surface area contributed by atoms with Crippen LogP contribution in [-0.4, -0.2) is 0 Å². The van der Waals surface area contributed by atoms with Crippen LogP contribution in [-0.2, 0) is 0 Å². The van der Waals surface area contributed by atoms with E-state index in [-0.39, 0.29) is 0 Å². The fourth-order valence-corrected chi connectivity index (χ4v) is 3.11. The molecule has 1 aromatic heterocycles. The van der Waals surface area contributed by atoms with E-state index in [4.69, 9.17) is 11.6 Å². The predicted molar refractivity (Wildman–Crippen MR) is 78.4 cm³/mol. The Hall–Kier alpha value is 0.120. The van der Waals surface area contributed by atoms with E-state index in [9.17, 15) is 0 Å². The maximum absolute atomic E-state index is 6.11. The number of hydrogen-bond donors (Lipinski definition) is 0. The van der Waals surface area contributed by atoms with E-state index in [2.05, 4.69) is 61.9 Å².